The van der Waals surface area contributed by atoms with Gasteiger partial charge in [0.15, 0.2) is 0 Å². The summed E-state index contributed by atoms with van der Waals surface area (Å²) in [6.45, 7) is 0.848. The van der Waals surface area contributed by atoms with Gasteiger partial charge in [-0.25, -0.2) is 4.39 Å². The topological polar surface area (TPSA) is 56.1 Å². The molecular formula is C13H19FN2O2. The number of halogens is 1. The Bertz CT molecular complexity index is 385. The highest BCUT2D eigenvalue weighted by Crippen LogP contribution is 2.32. The highest BCUT2D eigenvalue weighted by atomic mass is 19.1. The molecule has 0 saturated carbocycles. The predicted molar refractivity (Wildman–Crippen MR) is 65.9 cm³/mol. The van der Waals surface area contributed by atoms with E-state index in [4.69, 9.17) is 0 Å². The zero-order chi connectivity index (χ0) is 12.7. The molecular weight excluding hydrogens is 235 g/mol. The molecule has 1 aliphatic carbocycles. The average molecular weight is 254 g/mol. The summed E-state index contributed by atoms with van der Waals surface area (Å²) in [6.07, 6.45) is 3.93. The quantitative estimate of drug-likeness (QED) is 0.682. The lowest BCUT2D eigenvalue weighted by Crippen LogP contribution is -2.43. The first-order valence-corrected chi connectivity index (χ1v) is 6.70. The van der Waals surface area contributed by atoms with E-state index in [0.29, 0.717) is 5.71 Å². The minimum atomic E-state index is -1.15. The third-order valence-electron chi connectivity index (χ3n) is 4.17. The monoisotopic (exact) mass is 254 g/mol. The minimum Gasteiger partial charge on any atom is -0.389 e. The minimum absolute atomic E-state index is 0.0289. The lowest BCUT2D eigenvalue weighted by Gasteiger charge is -2.30. The van der Waals surface area contributed by atoms with Crippen molar-refractivity contribution in [2.45, 2.75) is 50.1 Å². The van der Waals surface area contributed by atoms with E-state index in [0.717, 1.165) is 25.8 Å². The number of rotatable bonds is 1. The normalized spacial score (nSPS) is 43.8. The molecule has 0 aromatic carbocycles. The first-order chi connectivity index (χ1) is 8.66. The van der Waals surface area contributed by atoms with Gasteiger partial charge in [-0.15, -0.1) is 0 Å². The van der Waals surface area contributed by atoms with E-state index in [-0.39, 0.29) is 12.5 Å². The van der Waals surface area contributed by atoms with Crippen LogP contribution in [0.4, 0.5) is 4.39 Å². The number of allylic oxidation sites excluding steroid dienone is 1. The molecule has 2 heterocycles. The maximum absolute atomic E-state index is 14.0. The van der Waals surface area contributed by atoms with Gasteiger partial charge in [-0.05, 0) is 19.3 Å². The van der Waals surface area contributed by atoms with Gasteiger partial charge in [-0.2, -0.15) is 5.10 Å². The van der Waals surface area contributed by atoms with Crippen LogP contribution < -0.4 is 0 Å². The van der Waals surface area contributed by atoms with Gasteiger partial charge in [-0.3, -0.25) is 5.01 Å². The van der Waals surface area contributed by atoms with Crippen LogP contribution >= 0.6 is 0 Å². The van der Waals surface area contributed by atoms with Crippen LogP contribution in [-0.2, 0) is 0 Å². The second kappa shape index (κ2) is 4.63. The largest absolute Gasteiger partial charge is 0.389 e. The summed E-state index contributed by atoms with van der Waals surface area (Å²) in [6, 6.07) is 0.0289. The van der Waals surface area contributed by atoms with Crippen molar-refractivity contribution in [3.63, 3.8) is 0 Å². The van der Waals surface area contributed by atoms with Crippen LogP contribution in [0.2, 0.25) is 0 Å². The summed E-state index contributed by atoms with van der Waals surface area (Å²) in [5.74, 6) is -0.478. The van der Waals surface area contributed by atoms with Gasteiger partial charge in [0.1, 0.15) is 12.3 Å². The molecule has 0 aromatic heterocycles. The molecule has 100 valence electrons. The molecule has 1 fully saturated rings. The van der Waals surface area contributed by atoms with Crippen LogP contribution in [0.5, 0.6) is 0 Å². The molecule has 2 N–H and O–H groups in total. The first-order valence-electron chi connectivity index (χ1n) is 6.70. The second-order valence-corrected chi connectivity index (χ2v) is 5.43. The molecule has 0 amide bonds. The Labute approximate surface area is 106 Å². The van der Waals surface area contributed by atoms with Gasteiger partial charge >= 0.3 is 0 Å². The van der Waals surface area contributed by atoms with Crippen LogP contribution in [0.1, 0.15) is 25.7 Å². The Morgan fingerprint density at radius 3 is 2.83 bits per heavy atom. The van der Waals surface area contributed by atoms with Crippen LogP contribution in [0.3, 0.4) is 0 Å². The molecule has 0 bridgehead atoms. The summed E-state index contributed by atoms with van der Waals surface area (Å²) >= 11 is 0. The van der Waals surface area contributed by atoms with Crippen LogP contribution in [0, 0.1) is 5.92 Å². The van der Waals surface area contributed by atoms with Gasteiger partial charge in [0.2, 0.25) is 0 Å². The van der Waals surface area contributed by atoms with E-state index < -0.39 is 24.3 Å². The summed E-state index contributed by atoms with van der Waals surface area (Å²) in [5, 5.41) is 26.0. The summed E-state index contributed by atoms with van der Waals surface area (Å²) in [7, 11) is 0. The van der Waals surface area contributed by atoms with Crippen molar-refractivity contribution < 1.29 is 14.6 Å². The van der Waals surface area contributed by atoms with E-state index in [9.17, 15) is 14.6 Å². The molecule has 5 atom stereocenters. The van der Waals surface area contributed by atoms with Gasteiger partial charge in [0, 0.05) is 13.0 Å². The van der Waals surface area contributed by atoms with Gasteiger partial charge < -0.3 is 10.2 Å². The number of hydrazone groups is 1. The number of fused-ring (bicyclic) bond motifs is 1. The van der Waals surface area contributed by atoms with Crippen LogP contribution in [0.25, 0.3) is 0 Å². The third-order valence-corrected chi connectivity index (χ3v) is 4.17. The lowest BCUT2D eigenvalue weighted by molar-refractivity contribution is 0.0868. The van der Waals surface area contributed by atoms with E-state index in [2.05, 4.69) is 5.10 Å². The number of piperidine rings is 1. The molecule has 5 heteroatoms. The molecule has 5 unspecified atom stereocenters. The molecule has 0 spiro atoms. The lowest BCUT2D eigenvalue weighted by atomic mass is 9.84. The fourth-order valence-corrected chi connectivity index (χ4v) is 3.16. The summed E-state index contributed by atoms with van der Waals surface area (Å²) in [5.41, 5.74) is 0.539. The highest BCUT2D eigenvalue weighted by Gasteiger charge is 2.42. The Morgan fingerprint density at radius 1 is 1.28 bits per heavy atom. The standard InChI is InChI=1S/C13H19FN2O2/c14-10-7-8(17)4-5-9(10)12-13(18)11-3-1-2-6-16(11)15-12/h4-5,8-11,13,17-18H,1-3,6-7H2. The molecule has 3 rings (SSSR count). The number of aliphatic hydroxyl groups excluding tert-OH is 2. The van der Waals surface area contributed by atoms with Crippen molar-refractivity contribution in [3.05, 3.63) is 12.2 Å². The Hall–Kier alpha value is -0.940. The molecule has 4 nitrogen and oxygen atoms in total. The summed E-state index contributed by atoms with van der Waals surface area (Å²) < 4.78 is 14.0. The smallest absolute Gasteiger partial charge is 0.116 e. The van der Waals surface area contributed by atoms with Crippen molar-refractivity contribution in [1.29, 1.82) is 0 Å². The van der Waals surface area contributed by atoms with Gasteiger partial charge in [-0.1, -0.05) is 12.2 Å². The van der Waals surface area contributed by atoms with E-state index in [1.54, 1.807) is 12.2 Å². The van der Waals surface area contributed by atoms with E-state index in [1.165, 1.54) is 0 Å². The SMILES string of the molecule is OC1C=CC(C2=NN3CCCCC3C2O)C(F)C1. The van der Waals surface area contributed by atoms with Crippen LogP contribution in [-0.4, -0.2) is 51.9 Å². The number of aliphatic hydroxyl groups is 2. The summed E-state index contributed by atoms with van der Waals surface area (Å²) in [4.78, 5) is 0. The van der Waals surface area contributed by atoms with Crippen molar-refractivity contribution in [2.24, 2.45) is 11.0 Å². The Morgan fingerprint density at radius 2 is 2.11 bits per heavy atom. The third kappa shape index (κ3) is 1.95. The molecule has 2 aliphatic heterocycles. The molecule has 1 saturated heterocycles. The highest BCUT2D eigenvalue weighted by molar-refractivity contribution is 5.94. The van der Waals surface area contributed by atoms with E-state index in [1.807, 2.05) is 5.01 Å². The Balaban J connectivity index is 1.81. The number of alkyl halides is 1. The van der Waals surface area contributed by atoms with Gasteiger partial charge in [0.05, 0.1) is 23.8 Å². The van der Waals surface area contributed by atoms with Crippen molar-refractivity contribution in [2.75, 3.05) is 6.54 Å². The number of hydrogen-bond donors (Lipinski definition) is 2. The fraction of sp³-hybridized carbons (Fsp3) is 0.769. The predicted octanol–water partition coefficient (Wildman–Crippen LogP) is 0.846. The maximum Gasteiger partial charge on any atom is 0.116 e. The van der Waals surface area contributed by atoms with Crippen LogP contribution in [0.15, 0.2) is 17.3 Å². The number of hydrogen-bond acceptors (Lipinski definition) is 4. The molecule has 0 radical (unpaired) electrons. The zero-order valence-corrected chi connectivity index (χ0v) is 10.2. The molecule has 18 heavy (non-hydrogen) atoms. The second-order valence-electron chi connectivity index (χ2n) is 5.43. The van der Waals surface area contributed by atoms with Crippen molar-refractivity contribution in [1.82, 2.24) is 5.01 Å². The Kier molecular flexibility index (Phi) is 3.11. The van der Waals surface area contributed by atoms with Crippen molar-refractivity contribution in [3.8, 4) is 0 Å². The average Bonchev–Trinajstić information content (AvgIpc) is 2.68. The first kappa shape index (κ1) is 12.1. The number of nitrogens with zero attached hydrogens (tertiary/aromatic N) is 2. The van der Waals surface area contributed by atoms with Crippen molar-refractivity contribution >= 4 is 5.71 Å². The van der Waals surface area contributed by atoms with Gasteiger partial charge in [0.25, 0.3) is 0 Å². The molecule has 0 aromatic rings. The van der Waals surface area contributed by atoms with E-state index >= 15 is 0 Å². The zero-order valence-electron chi connectivity index (χ0n) is 10.2. The fourth-order valence-electron chi connectivity index (χ4n) is 3.16. The molecule has 3 aliphatic rings. The maximum atomic E-state index is 14.0.